The first-order valence-electron chi connectivity index (χ1n) is 5.93. The fourth-order valence-electron chi connectivity index (χ4n) is 2.21. The molecule has 1 N–H and O–H groups in total. The summed E-state index contributed by atoms with van der Waals surface area (Å²) in [5, 5.41) is 2.59. The number of nitrogens with one attached hydrogen (secondary N) is 1. The smallest absolute Gasteiger partial charge is 0.264 e. The van der Waals surface area contributed by atoms with Gasteiger partial charge in [0.15, 0.2) is 0 Å². The highest BCUT2D eigenvalue weighted by molar-refractivity contribution is 8.13. The van der Waals surface area contributed by atoms with Gasteiger partial charge in [0.25, 0.3) is 9.05 Å². The molecular formula is C12H13ClFNO3S. The Morgan fingerprint density at radius 1 is 1.32 bits per heavy atom. The summed E-state index contributed by atoms with van der Waals surface area (Å²) in [6, 6.07) is 3.33. The van der Waals surface area contributed by atoms with Gasteiger partial charge in [0.2, 0.25) is 5.91 Å². The minimum Gasteiger partial charge on any atom is -0.326 e. The molecule has 2 rings (SSSR count). The predicted octanol–water partition coefficient (Wildman–Crippen LogP) is 2.88. The van der Waals surface area contributed by atoms with Crippen molar-refractivity contribution < 1.29 is 17.6 Å². The van der Waals surface area contributed by atoms with E-state index in [0.717, 1.165) is 37.8 Å². The van der Waals surface area contributed by atoms with Crippen LogP contribution in [-0.4, -0.2) is 14.3 Å². The molecule has 1 saturated carbocycles. The van der Waals surface area contributed by atoms with Gasteiger partial charge in [-0.05, 0) is 31.0 Å². The molecule has 7 heteroatoms. The molecule has 1 aromatic carbocycles. The van der Waals surface area contributed by atoms with Crippen LogP contribution >= 0.6 is 10.7 Å². The summed E-state index contributed by atoms with van der Waals surface area (Å²) in [6.07, 6.45) is 3.72. The highest BCUT2D eigenvalue weighted by atomic mass is 35.7. The first-order valence-corrected chi connectivity index (χ1v) is 8.24. The summed E-state index contributed by atoms with van der Waals surface area (Å²) in [6.45, 7) is 0. The lowest BCUT2D eigenvalue weighted by Gasteiger charge is -2.10. The standard InChI is InChI=1S/C12H13ClFNO3S/c13-19(17,18)11-6-5-9(7-10(11)14)15-12(16)8-3-1-2-4-8/h5-8H,1-4H2,(H,15,16). The molecule has 0 aliphatic heterocycles. The Kier molecular flexibility index (Phi) is 4.10. The van der Waals surface area contributed by atoms with Crippen LogP contribution in [0.1, 0.15) is 25.7 Å². The van der Waals surface area contributed by atoms with E-state index in [1.807, 2.05) is 0 Å². The summed E-state index contributed by atoms with van der Waals surface area (Å²) in [4.78, 5) is 11.2. The number of halogens is 2. The van der Waals surface area contributed by atoms with Gasteiger partial charge >= 0.3 is 0 Å². The third-order valence-corrected chi connectivity index (χ3v) is 4.54. The lowest BCUT2D eigenvalue weighted by molar-refractivity contribution is -0.119. The summed E-state index contributed by atoms with van der Waals surface area (Å²) in [7, 11) is 0.961. The van der Waals surface area contributed by atoms with Gasteiger partial charge in [-0.2, -0.15) is 0 Å². The Morgan fingerprint density at radius 2 is 1.95 bits per heavy atom. The molecule has 4 nitrogen and oxygen atoms in total. The zero-order valence-corrected chi connectivity index (χ0v) is 11.6. The average Bonchev–Trinajstić information content (AvgIpc) is 2.80. The van der Waals surface area contributed by atoms with Crippen molar-refractivity contribution in [2.75, 3.05) is 5.32 Å². The molecule has 0 atom stereocenters. The van der Waals surface area contributed by atoms with Crippen LogP contribution in [0.25, 0.3) is 0 Å². The maximum atomic E-state index is 13.6. The van der Waals surface area contributed by atoms with E-state index in [2.05, 4.69) is 5.32 Å². The molecule has 1 fully saturated rings. The molecular weight excluding hydrogens is 293 g/mol. The van der Waals surface area contributed by atoms with E-state index in [0.29, 0.717) is 0 Å². The number of hydrogen-bond donors (Lipinski definition) is 1. The highest BCUT2D eigenvalue weighted by Crippen LogP contribution is 2.27. The van der Waals surface area contributed by atoms with Crippen molar-refractivity contribution in [3.63, 3.8) is 0 Å². The molecule has 1 amide bonds. The zero-order valence-electron chi connectivity index (χ0n) is 10.0. The number of benzene rings is 1. The SMILES string of the molecule is O=C(Nc1ccc(S(=O)(=O)Cl)c(F)c1)C1CCCC1. The van der Waals surface area contributed by atoms with Crippen molar-refractivity contribution in [3.05, 3.63) is 24.0 Å². The van der Waals surface area contributed by atoms with Gasteiger partial charge in [-0.25, -0.2) is 12.8 Å². The summed E-state index contributed by atoms with van der Waals surface area (Å²) < 4.78 is 35.6. The molecule has 1 aliphatic rings. The zero-order chi connectivity index (χ0) is 14.0. The lowest BCUT2D eigenvalue weighted by Crippen LogP contribution is -2.20. The number of carbonyl (C=O) groups is 1. The molecule has 0 spiro atoms. The number of amides is 1. The van der Waals surface area contributed by atoms with Gasteiger partial charge in [-0.1, -0.05) is 12.8 Å². The number of rotatable bonds is 3. The van der Waals surface area contributed by atoms with Crippen molar-refractivity contribution in [1.82, 2.24) is 0 Å². The van der Waals surface area contributed by atoms with E-state index in [1.54, 1.807) is 0 Å². The summed E-state index contributed by atoms with van der Waals surface area (Å²) in [5.41, 5.74) is 0.235. The van der Waals surface area contributed by atoms with Gasteiger partial charge in [0.1, 0.15) is 10.7 Å². The predicted molar refractivity (Wildman–Crippen MR) is 70.0 cm³/mol. The van der Waals surface area contributed by atoms with Gasteiger partial charge in [0.05, 0.1) is 0 Å². The first-order chi connectivity index (χ1) is 8.88. The fraction of sp³-hybridized carbons (Fsp3) is 0.417. The molecule has 0 aromatic heterocycles. The average molecular weight is 306 g/mol. The monoisotopic (exact) mass is 305 g/mol. The van der Waals surface area contributed by atoms with Crippen LogP contribution in [0.2, 0.25) is 0 Å². The lowest BCUT2D eigenvalue weighted by atomic mass is 10.1. The van der Waals surface area contributed by atoms with Crippen molar-refractivity contribution in [2.24, 2.45) is 5.92 Å². The van der Waals surface area contributed by atoms with Crippen molar-refractivity contribution >= 4 is 31.3 Å². The largest absolute Gasteiger partial charge is 0.326 e. The number of hydrogen-bond acceptors (Lipinski definition) is 3. The van der Waals surface area contributed by atoms with E-state index in [9.17, 15) is 17.6 Å². The van der Waals surface area contributed by atoms with E-state index in [-0.39, 0.29) is 17.5 Å². The summed E-state index contributed by atoms with van der Waals surface area (Å²) in [5.74, 6) is -1.17. The van der Waals surface area contributed by atoms with Crippen LogP contribution in [0.3, 0.4) is 0 Å². The Morgan fingerprint density at radius 3 is 2.47 bits per heavy atom. The first kappa shape index (κ1) is 14.3. The fourth-order valence-corrected chi connectivity index (χ4v) is 3.11. The second-order valence-electron chi connectivity index (χ2n) is 4.55. The van der Waals surface area contributed by atoms with Crippen molar-refractivity contribution in [1.29, 1.82) is 0 Å². The van der Waals surface area contributed by atoms with Gasteiger partial charge in [0, 0.05) is 22.3 Å². The molecule has 1 aromatic rings. The third-order valence-electron chi connectivity index (χ3n) is 3.19. The molecule has 104 valence electrons. The number of anilines is 1. The van der Waals surface area contributed by atoms with E-state index in [4.69, 9.17) is 10.7 Å². The van der Waals surface area contributed by atoms with Crippen molar-refractivity contribution in [3.8, 4) is 0 Å². The highest BCUT2D eigenvalue weighted by Gasteiger charge is 2.23. The van der Waals surface area contributed by atoms with Crippen LogP contribution in [-0.2, 0) is 13.8 Å². The maximum Gasteiger partial charge on any atom is 0.264 e. The Balaban J connectivity index is 2.14. The Hall–Kier alpha value is -1.14. The number of carbonyl (C=O) groups excluding carboxylic acids is 1. The summed E-state index contributed by atoms with van der Waals surface area (Å²) >= 11 is 0. The second-order valence-corrected chi connectivity index (χ2v) is 7.09. The van der Waals surface area contributed by atoms with E-state index >= 15 is 0 Å². The van der Waals surface area contributed by atoms with Crippen LogP contribution in [0.15, 0.2) is 23.1 Å². The molecule has 0 bridgehead atoms. The molecule has 0 saturated heterocycles. The van der Waals surface area contributed by atoms with E-state index in [1.165, 1.54) is 6.07 Å². The Labute approximate surface area is 115 Å². The minimum atomic E-state index is -4.11. The second kappa shape index (κ2) is 5.46. The molecule has 0 unspecified atom stereocenters. The van der Waals surface area contributed by atoms with Crippen LogP contribution in [0.4, 0.5) is 10.1 Å². The molecule has 0 radical (unpaired) electrons. The van der Waals surface area contributed by atoms with Gasteiger partial charge < -0.3 is 5.32 Å². The molecule has 1 aliphatic carbocycles. The molecule has 0 heterocycles. The van der Waals surface area contributed by atoms with Crippen LogP contribution in [0.5, 0.6) is 0 Å². The Bertz CT molecular complexity index is 597. The van der Waals surface area contributed by atoms with Gasteiger partial charge in [-0.15, -0.1) is 0 Å². The van der Waals surface area contributed by atoms with Crippen molar-refractivity contribution in [2.45, 2.75) is 30.6 Å². The van der Waals surface area contributed by atoms with Crippen LogP contribution in [0, 0.1) is 11.7 Å². The topological polar surface area (TPSA) is 63.2 Å². The van der Waals surface area contributed by atoms with Crippen LogP contribution < -0.4 is 5.32 Å². The minimum absolute atomic E-state index is 0.0421. The van der Waals surface area contributed by atoms with E-state index < -0.39 is 19.8 Å². The van der Waals surface area contributed by atoms with Gasteiger partial charge in [-0.3, -0.25) is 4.79 Å². The quantitative estimate of drug-likeness (QED) is 0.873. The molecule has 19 heavy (non-hydrogen) atoms. The maximum absolute atomic E-state index is 13.6. The third kappa shape index (κ3) is 3.45. The normalized spacial score (nSPS) is 16.5.